The molecule has 6 nitrogen and oxygen atoms in total. The van der Waals surface area contributed by atoms with E-state index in [9.17, 15) is 4.79 Å². The molecule has 1 saturated heterocycles. The van der Waals surface area contributed by atoms with Crippen molar-refractivity contribution < 1.29 is 9.53 Å². The third kappa shape index (κ3) is 6.59. The van der Waals surface area contributed by atoms with Crippen LogP contribution < -0.4 is 5.32 Å². The lowest BCUT2D eigenvalue weighted by Crippen LogP contribution is -2.48. The lowest BCUT2D eigenvalue weighted by molar-refractivity contribution is -0.149. The summed E-state index contributed by atoms with van der Waals surface area (Å²) in [6, 6.07) is 0. The minimum Gasteiger partial charge on any atom is -0.466 e. The SMILES string of the molecule is CCNC(=NCCCCc1nc(C)cs1)N1CCCC(C(=O)OCC)C1. The number of aryl methyl sites for hydroxylation is 2. The van der Waals surface area contributed by atoms with Crippen LogP contribution in [0.15, 0.2) is 10.4 Å². The third-order valence-corrected chi connectivity index (χ3v) is 5.43. The van der Waals surface area contributed by atoms with E-state index >= 15 is 0 Å². The highest BCUT2D eigenvalue weighted by molar-refractivity contribution is 7.09. The van der Waals surface area contributed by atoms with Gasteiger partial charge in [0.25, 0.3) is 0 Å². The molecule has 0 aromatic carbocycles. The summed E-state index contributed by atoms with van der Waals surface area (Å²) in [5.74, 6) is 0.805. The number of nitrogens with one attached hydrogen (secondary N) is 1. The summed E-state index contributed by atoms with van der Waals surface area (Å²) in [6.45, 7) is 9.69. The number of guanidine groups is 1. The number of likely N-dealkylation sites (tertiary alicyclic amines) is 1. The van der Waals surface area contributed by atoms with Crippen LogP contribution in [0.3, 0.4) is 0 Å². The maximum absolute atomic E-state index is 12.0. The molecule has 0 amide bonds. The fraction of sp³-hybridized carbons (Fsp3) is 0.737. The molecule has 1 aliphatic rings. The molecule has 1 fully saturated rings. The minimum atomic E-state index is -0.0770. The summed E-state index contributed by atoms with van der Waals surface area (Å²) in [4.78, 5) is 23.5. The average Bonchev–Trinajstić information content (AvgIpc) is 3.06. The zero-order valence-corrected chi connectivity index (χ0v) is 17.1. The number of hydrogen-bond acceptors (Lipinski definition) is 5. The summed E-state index contributed by atoms with van der Waals surface area (Å²) in [6.07, 6.45) is 5.07. The van der Waals surface area contributed by atoms with Gasteiger partial charge in [-0.05, 0) is 52.9 Å². The molecule has 0 spiro atoms. The smallest absolute Gasteiger partial charge is 0.310 e. The molecule has 26 heavy (non-hydrogen) atoms. The Morgan fingerprint density at radius 3 is 3.00 bits per heavy atom. The van der Waals surface area contributed by atoms with Gasteiger partial charge in [0.05, 0.1) is 17.5 Å². The van der Waals surface area contributed by atoms with Gasteiger partial charge in [-0.15, -0.1) is 11.3 Å². The Bertz CT molecular complexity index is 588. The molecule has 1 N–H and O–H groups in total. The van der Waals surface area contributed by atoms with Crippen LogP contribution in [-0.4, -0.2) is 54.6 Å². The number of ether oxygens (including phenoxy) is 1. The van der Waals surface area contributed by atoms with Gasteiger partial charge in [-0.1, -0.05) is 0 Å². The first-order valence-corrected chi connectivity index (χ1v) is 10.6. The van der Waals surface area contributed by atoms with Crippen LogP contribution >= 0.6 is 11.3 Å². The largest absolute Gasteiger partial charge is 0.466 e. The fourth-order valence-electron chi connectivity index (χ4n) is 3.14. The Balaban J connectivity index is 1.81. The lowest BCUT2D eigenvalue weighted by atomic mass is 9.98. The van der Waals surface area contributed by atoms with Crippen molar-refractivity contribution in [1.29, 1.82) is 0 Å². The Hall–Kier alpha value is -1.63. The van der Waals surface area contributed by atoms with E-state index in [0.29, 0.717) is 13.2 Å². The number of carbonyl (C=O) groups excluding carboxylic acids is 1. The molecule has 0 bridgehead atoms. The first-order valence-electron chi connectivity index (χ1n) is 9.75. The standard InChI is InChI=1S/C19H32N4O2S/c1-4-20-19(21-11-7-6-10-17-22-15(3)14-26-17)23-12-8-9-16(13-23)18(24)25-5-2/h14,16H,4-13H2,1-3H3,(H,20,21). The van der Waals surface area contributed by atoms with Crippen molar-refractivity contribution in [1.82, 2.24) is 15.2 Å². The molecule has 2 rings (SSSR count). The summed E-state index contributed by atoms with van der Waals surface area (Å²) < 4.78 is 5.20. The zero-order valence-electron chi connectivity index (χ0n) is 16.3. The second-order valence-corrected chi connectivity index (χ2v) is 7.56. The number of hydrogen-bond donors (Lipinski definition) is 1. The van der Waals surface area contributed by atoms with Gasteiger partial charge < -0.3 is 15.0 Å². The predicted octanol–water partition coefficient (Wildman–Crippen LogP) is 3.01. The molecular formula is C19H32N4O2S. The summed E-state index contributed by atoms with van der Waals surface area (Å²) in [7, 11) is 0. The van der Waals surface area contributed by atoms with Gasteiger partial charge in [-0.25, -0.2) is 4.98 Å². The molecule has 7 heteroatoms. The summed E-state index contributed by atoms with van der Waals surface area (Å²) in [5, 5.41) is 6.69. The van der Waals surface area contributed by atoms with E-state index in [0.717, 1.165) is 63.4 Å². The highest BCUT2D eigenvalue weighted by Crippen LogP contribution is 2.18. The summed E-state index contributed by atoms with van der Waals surface area (Å²) >= 11 is 1.74. The van der Waals surface area contributed by atoms with Crippen LogP contribution in [0.2, 0.25) is 0 Å². The van der Waals surface area contributed by atoms with Gasteiger partial charge in [-0.2, -0.15) is 0 Å². The number of thiazole rings is 1. The van der Waals surface area contributed by atoms with E-state index < -0.39 is 0 Å². The maximum Gasteiger partial charge on any atom is 0.310 e. The Morgan fingerprint density at radius 2 is 2.31 bits per heavy atom. The first-order chi connectivity index (χ1) is 12.6. The third-order valence-electron chi connectivity index (χ3n) is 4.40. The molecule has 1 aromatic heterocycles. The molecule has 146 valence electrons. The van der Waals surface area contributed by atoms with Gasteiger partial charge in [0.15, 0.2) is 5.96 Å². The van der Waals surface area contributed by atoms with Crippen LogP contribution in [-0.2, 0) is 16.0 Å². The van der Waals surface area contributed by atoms with E-state index in [-0.39, 0.29) is 11.9 Å². The number of nitrogens with zero attached hydrogens (tertiary/aromatic N) is 3. The number of carbonyl (C=O) groups is 1. The molecule has 1 aliphatic heterocycles. The van der Waals surface area contributed by atoms with Gasteiger partial charge >= 0.3 is 5.97 Å². The quantitative estimate of drug-likeness (QED) is 0.325. The van der Waals surface area contributed by atoms with Gasteiger partial charge in [0.2, 0.25) is 0 Å². The Labute approximate surface area is 161 Å². The molecule has 1 aromatic rings. The van der Waals surface area contributed by atoms with Crippen molar-refractivity contribution in [3.8, 4) is 0 Å². The van der Waals surface area contributed by atoms with Crippen LogP contribution in [0, 0.1) is 12.8 Å². The van der Waals surface area contributed by atoms with Crippen molar-refractivity contribution in [3.05, 3.63) is 16.1 Å². The van der Waals surface area contributed by atoms with Crippen LogP contribution in [0.25, 0.3) is 0 Å². The maximum atomic E-state index is 12.0. The molecule has 1 atom stereocenters. The number of unbranched alkanes of at least 4 members (excludes halogenated alkanes) is 1. The predicted molar refractivity (Wildman–Crippen MR) is 107 cm³/mol. The second kappa shape index (κ2) is 11.2. The van der Waals surface area contributed by atoms with E-state index in [1.54, 1.807) is 11.3 Å². The normalized spacial score (nSPS) is 18.0. The lowest BCUT2D eigenvalue weighted by Gasteiger charge is -2.34. The molecule has 0 saturated carbocycles. The number of aromatic nitrogens is 1. The zero-order chi connectivity index (χ0) is 18.8. The van der Waals surface area contributed by atoms with E-state index in [2.05, 4.69) is 27.5 Å². The molecule has 1 unspecified atom stereocenters. The van der Waals surface area contributed by atoms with Crippen LogP contribution in [0.1, 0.15) is 50.2 Å². The van der Waals surface area contributed by atoms with Gasteiger partial charge in [0.1, 0.15) is 0 Å². The molecule has 0 aliphatic carbocycles. The van der Waals surface area contributed by atoms with Gasteiger partial charge in [-0.3, -0.25) is 9.79 Å². The Kier molecular flexibility index (Phi) is 8.88. The average molecular weight is 381 g/mol. The van der Waals surface area contributed by atoms with Gasteiger partial charge in [0, 0.05) is 37.3 Å². The minimum absolute atomic E-state index is 0.0410. The van der Waals surface area contributed by atoms with Crippen LogP contribution in [0.5, 0.6) is 0 Å². The molecular weight excluding hydrogens is 348 g/mol. The van der Waals surface area contributed by atoms with Crippen molar-refractivity contribution in [2.45, 2.75) is 52.9 Å². The van der Waals surface area contributed by atoms with E-state index in [4.69, 9.17) is 9.73 Å². The first kappa shape index (κ1) is 20.7. The highest BCUT2D eigenvalue weighted by atomic mass is 32.1. The highest BCUT2D eigenvalue weighted by Gasteiger charge is 2.28. The number of piperidine rings is 1. The topological polar surface area (TPSA) is 66.8 Å². The van der Waals surface area contributed by atoms with Crippen molar-refractivity contribution in [3.63, 3.8) is 0 Å². The Morgan fingerprint density at radius 1 is 1.46 bits per heavy atom. The van der Waals surface area contributed by atoms with Crippen LogP contribution in [0.4, 0.5) is 0 Å². The van der Waals surface area contributed by atoms with Crippen molar-refractivity contribution in [2.75, 3.05) is 32.8 Å². The van der Waals surface area contributed by atoms with E-state index in [1.807, 2.05) is 13.8 Å². The number of rotatable bonds is 8. The monoisotopic (exact) mass is 380 g/mol. The molecule has 0 radical (unpaired) electrons. The fourth-order valence-corrected chi connectivity index (χ4v) is 3.96. The second-order valence-electron chi connectivity index (χ2n) is 6.61. The molecule has 2 heterocycles. The van der Waals surface area contributed by atoms with Crippen molar-refractivity contribution in [2.24, 2.45) is 10.9 Å². The number of esters is 1. The number of aliphatic imine (C=N–C) groups is 1. The summed E-state index contributed by atoms with van der Waals surface area (Å²) in [5.41, 5.74) is 1.11. The van der Waals surface area contributed by atoms with E-state index in [1.165, 1.54) is 5.01 Å². The van der Waals surface area contributed by atoms with Crippen molar-refractivity contribution >= 4 is 23.3 Å².